The molecule has 0 atom stereocenters. The zero-order chi connectivity index (χ0) is 23.9. The Hall–Kier alpha value is -4.34. The van der Waals surface area contributed by atoms with Crippen LogP contribution in [0.4, 0.5) is 17.5 Å². The molecule has 10 heteroatoms. The first-order valence-corrected chi connectivity index (χ1v) is 11.0. The summed E-state index contributed by atoms with van der Waals surface area (Å²) in [5, 5.41) is 9.76. The van der Waals surface area contributed by atoms with Gasteiger partial charge in [-0.2, -0.15) is 0 Å². The fraction of sp³-hybridized carbons (Fsp3) is 0.250. The Balaban J connectivity index is 1.25. The zero-order valence-corrected chi connectivity index (χ0v) is 19.1. The molecular formula is C24H26N8O2. The summed E-state index contributed by atoms with van der Waals surface area (Å²) in [4.78, 5) is 42.1. The number of aromatic nitrogens is 5. The number of carbonyl (C=O) groups excluding carboxylic acids is 1. The summed E-state index contributed by atoms with van der Waals surface area (Å²) in [7, 11) is 0. The van der Waals surface area contributed by atoms with E-state index in [1.54, 1.807) is 30.5 Å². The third kappa shape index (κ3) is 5.91. The van der Waals surface area contributed by atoms with E-state index in [-0.39, 0.29) is 24.4 Å². The van der Waals surface area contributed by atoms with Crippen LogP contribution in [0.15, 0.2) is 59.8 Å². The number of aryl methyl sites for hydroxylation is 3. The summed E-state index contributed by atoms with van der Waals surface area (Å²) in [5.74, 6) is 2.45. The molecule has 3 aromatic heterocycles. The number of nitrogens with one attached hydrogen (secondary N) is 3. The maximum absolute atomic E-state index is 12.5. The van der Waals surface area contributed by atoms with Crippen LogP contribution in [0.2, 0.25) is 0 Å². The maximum atomic E-state index is 12.5. The summed E-state index contributed by atoms with van der Waals surface area (Å²) < 4.78 is 1.46. The van der Waals surface area contributed by atoms with E-state index in [4.69, 9.17) is 0 Å². The maximum Gasteiger partial charge on any atom is 0.261 e. The lowest BCUT2D eigenvalue weighted by atomic mass is 10.2. The lowest BCUT2D eigenvalue weighted by molar-refractivity contribution is -0.121. The number of nitrogens with zero attached hydrogens (tertiary/aromatic N) is 5. The molecule has 0 saturated heterocycles. The van der Waals surface area contributed by atoms with Crippen LogP contribution < -0.4 is 21.5 Å². The van der Waals surface area contributed by atoms with E-state index in [1.807, 2.05) is 32.0 Å². The van der Waals surface area contributed by atoms with E-state index < -0.39 is 0 Å². The van der Waals surface area contributed by atoms with Gasteiger partial charge in [0.15, 0.2) is 0 Å². The van der Waals surface area contributed by atoms with Crippen molar-refractivity contribution < 1.29 is 4.79 Å². The van der Waals surface area contributed by atoms with Gasteiger partial charge in [-0.3, -0.25) is 14.2 Å². The van der Waals surface area contributed by atoms with E-state index in [0.29, 0.717) is 47.3 Å². The van der Waals surface area contributed by atoms with Crippen molar-refractivity contribution in [1.29, 1.82) is 0 Å². The zero-order valence-electron chi connectivity index (χ0n) is 19.1. The van der Waals surface area contributed by atoms with Crippen LogP contribution in [0.1, 0.15) is 17.8 Å². The molecular weight excluding hydrogens is 432 g/mol. The minimum absolute atomic E-state index is 0.145. The summed E-state index contributed by atoms with van der Waals surface area (Å²) in [6, 6.07) is 12.8. The fourth-order valence-corrected chi connectivity index (χ4v) is 3.43. The third-order valence-corrected chi connectivity index (χ3v) is 5.07. The van der Waals surface area contributed by atoms with Crippen LogP contribution >= 0.6 is 0 Å². The number of para-hydroxylation sites is 1. The number of rotatable bonds is 9. The van der Waals surface area contributed by atoms with Gasteiger partial charge in [-0.15, -0.1) is 0 Å². The molecule has 34 heavy (non-hydrogen) atoms. The molecule has 0 unspecified atom stereocenters. The average Bonchev–Trinajstić information content (AvgIpc) is 2.81. The number of carbonyl (C=O) groups is 1. The normalized spacial score (nSPS) is 10.8. The number of hydrogen-bond acceptors (Lipinski definition) is 8. The Bertz CT molecular complexity index is 1370. The van der Waals surface area contributed by atoms with E-state index in [1.165, 1.54) is 10.9 Å². The lowest BCUT2D eigenvalue weighted by Gasteiger charge is -2.11. The van der Waals surface area contributed by atoms with Crippen molar-refractivity contribution in [3.05, 3.63) is 76.7 Å². The Labute approximate surface area is 196 Å². The van der Waals surface area contributed by atoms with Crippen molar-refractivity contribution >= 4 is 34.3 Å². The molecule has 3 N–H and O–H groups in total. The molecule has 0 aliphatic rings. The second-order valence-electron chi connectivity index (χ2n) is 7.82. The molecule has 4 rings (SSSR count). The van der Waals surface area contributed by atoms with Crippen LogP contribution in [-0.2, 0) is 11.3 Å². The van der Waals surface area contributed by atoms with Crippen molar-refractivity contribution in [3.8, 4) is 0 Å². The molecule has 0 saturated carbocycles. The number of fused-ring (bicyclic) bond motifs is 1. The number of pyridine rings is 1. The molecule has 0 spiro atoms. The molecule has 4 aromatic rings. The Morgan fingerprint density at radius 3 is 2.65 bits per heavy atom. The molecule has 0 radical (unpaired) electrons. The number of hydrogen-bond donors (Lipinski definition) is 3. The van der Waals surface area contributed by atoms with Crippen LogP contribution in [-0.4, -0.2) is 43.5 Å². The molecule has 0 fully saturated rings. The molecule has 1 aromatic carbocycles. The van der Waals surface area contributed by atoms with Gasteiger partial charge < -0.3 is 16.0 Å². The molecule has 0 bridgehead atoms. The highest BCUT2D eigenvalue weighted by Gasteiger charge is 2.07. The summed E-state index contributed by atoms with van der Waals surface area (Å²) in [5.41, 5.74) is 1.59. The Morgan fingerprint density at radius 1 is 0.971 bits per heavy atom. The first kappa shape index (κ1) is 22.8. The topological polar surface area (TPSA) is 127 Å². The second-order valence-corrected chi connectivity index (χ2v) is 7.82. The van der Waals surface area contributed by atoms with Crippen molar-refractivity contribution in [2.75, 3.05) is 23.7 Å². The van der Waals surface area contributed by atoms with Gasteiger partial charge in [0.25, 0.3) is 5.56 Å². The summed E-state index contributed by atoms with van der Waals surface area (Å²) >= 11 is 0. The predicted octanol–water partition coefficient (Wildman–Crippen LogP) is 2.56. The lowest BCUT2D eigenvalue weighted by Crippen LogP contribution is -2.31. The standard InChI is InChI=1S/C24H26N8O2/c1-16-7-9-25-20(13-16)31-22-14-21(29-17(2)30-22)26-10-11-27-23(33)8-12-32-15-28-19-6-4-3-5-18(19)24(32)34/h3-7,9,13-15H,8,10-12H2,1-2H3,(H,27,33)(H2,25,26,29,30,31). The number of amides is 1. The van der Waals surface area contributed by atoms with Crippen molar-refractivity contribution in [2.45, 2.75) is 26.8 Å². The van der Waals surface area contributed by atoms with E-state index in [0.717, 1.165) is 5.56 Å². The van der Waals surface area contributed by atoms with E-state index in [9.17, 15) is 9.59 Å². The average molecular weight is 459 g/mol. The van der Waals surface area contributed by atoms with Crippen molar-refractivity contribution in [3.63, 3.8) is 0 Å². The first-order chi connectivity index (χ1) is 16.5. The van der Waals surface area contributed by atoms with Crippen molar-refractivity contribution in [1.82, 2.24) is 29.8 Å². The summed E-state index contributed by atoms with van der Waals surface area (Å²) in [6.45, 7) is 4.97. The molecule has 10 nitrogen and oxygen atoms in total. The smallest absolute Gasteiger partial charge is 0.261 e. The van der Waals surface area contributed by atoms with Crippen LogP contribution in [0, 0.1) is 13.8 Å². The van der Waals surface area contributed by atoms with Crippen LogP contribution in [0.5, 0.6) is 0 Å². The molecule has 3 heterocycles. The monoisotopic (exact) mass is 458 g/mol. The Kier molecular flexibility index (Phi) is 7.07. The molecule has 174 valence electrons. The molecule has 0 aliphatic heterocycles. The predicted molar refractivity (Wildman–Crippen MR) is 131 cm³/mol. The minimum atomic E-state index is -0.149. The highest BCUT2D eigenvalue weighted by molar-refractivity contribution is 5.77. The second kappa shape index (κ2) is 10.5. The highest BCUT2D eigenvalue weighted by atomic mass is 16.1. The van der Waals surface area contributed by atoms with Crippen LogP contribution in [0.3, 0.4) is 0 Å². The fourth-order valence-electron chi connectivity index (χ4n) is 3.43. The SMILES string of the molecule is Cc1ccnc(Nc2cc(NCCNC(=O)CCn3cnc4ccccc4c3=O)nc(C)n2)c1. The Morgan fingerprint density at radius 2 is 1.79 bits per heavy atom. The number of anilines is 3. The van der Waals surface area contributed by atoms with Gasteiger partial charge in [0.2, 0.25) is 5.91 Å². The van der Waals surface area contributed by atoms with Crippen LogP contribution in [0.25, 0.3) is 10.9 Å². The van der Waals surface area contributed by atoms with Gasteiger partial charge in [-0.25, -0.2) is 19.9 Å². The molecule has 0 aliphatic carbocycles. The number of benzene rings is 1. The van der Waals surface area contributed by atoms with Gasteiger partial charge in [-0.1, -0.05) is 12.1 Å². The third-order valence-electron chi connectivity index (χ3n) is 5.07. The molecule has 1 amide bonds. The van der Waals surface area contributed by atoms with Gasteiger partial charge in [0.05, 0.1) is 17.2 Å². The quantitative estimate of drug-likeness (QED) is 0.327. The van der Waals surface area contributed by atoms with Gasteiger partial charge in [0.1, 0.15) is 23.3 Å². The van der Waals surface area contributed by atoms with Gasteiger partial charge >= 0.3 is 0 Å². The highest BCUT2D eigenvalue weighted by Crippen LogP contribution is 2.16. The summed E-state index contributed by atoms with van der Waals surface area (Å²) in [6.07, 6.45) is 3.40. The first-order valence-electron chi connectivity index (χ1n) is 11.0. The van der Waals surface area contributed by atoms with Gasteiger partial charge in [-0.05, 0) is 43.7 Å². The largest absolute Gasteiger partial charge is 0.368 e. The van der Waals surface area contributed by atoms with Crippen molar-refractivity contribution in [2.24, 2.45) is 0 Å². The van der Waals surface area contributed by atoms with Gasteiger partial charge in [0, 0.05) is 38.3 Å². The van der Waals surface area contributed by atoms with E-state index >= 15 is 0 Å². The minimum Gasteiger partial charge on any atom is -0.368 e. The van der Waals surface area contributed by atoms with E-state index in [2.05, 4.69) is 35.9 Å².